The second-order valence-electron chi connectivity index (χ2n) is 28.3. The molecule has 0 radical (unpaired) electrons. The van der Waals surface area contributed by atoms with Gasteiger partial charge in [0.2, 0.25) is 21.7 Å². The van der Waals surface area contributed by atoms with Crippen LogP contribution in [-0.4, -0.2) is 231 Å². The number of ether oxygens (including phenoxy) is 11. The molecule has 14 N–H and O–H groups in total. The van der Waals surface area contributed by atoms with Crippen molar-refractivity contribution >= 4 is 44.2 Å². The summed E-state index contributed by atoms with van der Waals surface area (Å²) in [6, 6.07) is 1.36. The number of methoxy groups -OCH3 is 2. The van der Waals surface area contributed by atoms with Gasteiger partial charge in [0.15, 0.2) is 59.0 Å². The van der Waals surface area contributed by atoms with Gasteiger partial charge in [-0.25, -0.2) is 0 Å². The highest BCUT2D eigenvalue weighted by Crippen LogP contribution is 2.66. The summed E-state index contributed by atoms with van der Waals surface area (Å²) in [5, 5.41) is 164. The average molecular weight is 1380 g/mol. The molecule has 0 spiro atoms. The van der Waals surface area contributed by atoms with Crippen molar-refractivity contribution < 1.29 is 128 Å². The van der Waals surface area contributed by atoms with Crippen LogP contribution in [-0.2, 0) is 49.1 Å². The molecule has 3 aromatic rings. The Kier molecular flexibility index (Phi) is 17.4. The van der Waals surface area contributed by atoms with E-state index in [9.17, 15) is 71.5 Å². The SMILES string of the molecule is CCC[C@@]12O[C@H]3c4c(O)c5c(=O)c6oc7c(c(OC)c(OC)c8cc9c(c(=O)c87)=C(O)[C@]7(O)[C@@H](C9)[C@@H](O[C@H]8C[C@@H](O)[C@@H](O)[C@H](C)O8)[C@@H](O)[C@H](O[C@H]8CC[C@H](O)[C@@H](C)O8)[C@@]7(O)CCC)c6c(=O)c=5c(=O)c4=C(O)[C@]1(O)[C@H]3[C@@H](O[C@H]1C[C@@H](O)[C@@H](O)[C@@H](C)O1)[C@@H](O)[C@@H]2O[C@H]1CC[C@H](O)[C@@H](C)O1. The third-order valence-electron chi connectivity index (χ3n) is 22.9. The third-order valence-corrected chi connectivity index (χ3v) is 22.9. The van der Waals surface area contributed by atoms with E-state index >= 15 is 19.2 Å². The molecule has 2 aromatic carbocycles. The van der Waals surface area contributed by atoms with Crippen molar-refractivity contribution in [3.05, 3.63) is 79.0 Å². The van der Waals surface area contributed by atoms with Gasteiger partial charge in [-0.3, -0.25) is 19.2 Å². The second-order valence-corrected chi connectivity index (χ2v) is 28.3. The molecular weight excluding hydrogens is 1300 g/mol. The Morgan fingerprint density at radius 2 is 1.05 bits per heavy atom. The van der Waals surface area contributed by atoms with Gasteiger partial charge in [-0.2, -0.15) is 0 Å². The van der Waals surface area contributed by atoms with Crippen LogP contribution >= 0.6 is 0 Å². The third kappa shape index (κ3) is 9.51. The maximum Gasteiger partial charge on any atom is 0.233 e. The lowest BCUT2D eigenvalue weighted by molar-refractivity contribution is -0.357. The van der Waals surface area contributed by atoms with Gasteiger partial charge in [0, 0.05) is 42.6 Å². The molecule has 536 valence electrons. The zero-order chi connectivity index (χ0) is 70.4. The van der Waals surface area contributed by atoms with E-state index in [4.69, 9.17) is 56.5 Å². The highest BCUT2D eigenvalue weighted by Gasteiger charge is 2.80. The highest BCUT2D eigenvalue weighted by molar-refractivity contribution is 6.20. The lowest BCUT2D eigenvalue weighted by atomic mass is 9.56. The second kappa shape index (κ2) is 24.5. The number of rotatable bonds is 14. The molecule has 5 saturated heterocycles. The fourth-order valence-corrected chi connectivity index (χ4v) is 18.0. The van der Waals surface area contributed by atoms with Crippen molar-refractivity contribution in [3.8, 4) is 17.2 Å². The Morgan fingerprint density at radius 1 is 0.520 bits per heavy atom. The first-order valence-corrected chi connectivity index (χ1v) is 33.6. The van der Waals surface area contributed by atoms with Crippen molar-refractivity contribution in [2.75, 3.05) is 14.2 Å². The molecule has 30 nitrogen and oxygen atoms in total. The van der Waals surface area contributed by atoms with Crippen LogP contribution in [0.4, 0.5) is 0 Å². The van der Waals surface area contributed by atoms with Crippen molar-refractivity contribution in [2.45, 2.75) is 264 Å². The average Bonchev–Trinajstić information content (AvgIpc) is 1.45. The summed E-state index contributed by atoms with van der Waals surface area (Å²) in [5.74, 6) is -7.46. The zero-order valence-corrected chi connectivity index (χ0v) is 54.9. The minimum absolute atomic E-state index is 0.0346. The lowest BCUT2D eigenvalue weighted by Crippen LogP contribution is -2.79. The van der Waals surface area contributed by atoms with Gasteiger partial charge in [-0.15, -0.1) is 0 Å². The maximum atomic E-state index is 16.0. The first-order chi connectivity index (χ1) is 46.4. The summed E-state index contributed by atoms with van der Waals surface area (Å²) in [7, 11) is 2.33. The van der Waals surface area contributed by atoms with Crippen molar-refractivity contribution in [2.24, 2.45) is 11.8 Å². The number of furan rings is 1. The Labute approximate surface area is 556 Å². The summed E-state index contributed by atoms with van der Waals surface area (Å²) in [5.41, 5.74) is -18.3. The molecule has 11 aliphatic rings. The van der Waals surface area contributed by atoms with Gasteiger partial charge in [-0.1, -0.05) is 26.7 Å². The van der Waals surface area contributed by atoms with Crippen molar-refractivity contribution in [1.29, 1.82) is 0 Å². The van der Waals surface area contributed by atoms with E-state index in [1.165, 1.54) is 27.0 Å². The smallest absolute Gasteiger partial charge is 0.233 e. The van der Waals surface area contributed by atoms with Gasteiger partial charge in [-0.05, 0) is 71.4 Å². The molecule has 2 saturated carbocycles. The molecule has 14 rings (SSSR count). The molecule has 6 heterocycles. The molecule has 7 fully saturated rings. The van der Waals surface area contributed by atoms with Gasteiger partial charge >= 0.3 is 0 Å². The van der Waals surface area contributed by atoms with Crippen LogP contribution in [0.2, 0.25) is 0 Å². The largest absolute Gasteiger partial charge is 0.508 e. The van der Waals surface area contributed by atoms with E-state index in [0.717, 1.165) is 7.11 Å². The molecular formula is C68H84O30. The summed E-state index contributed by atoms with van der Waals surface area (Å²) in [4.78, 5) is 63.1. The van der Waals surface area contributed by atoms with Crippen LogP contribution in [0, 0.1) is 22.3 Å². The van der Waals surface area contributed by atoms with E-state index in [1.807, 2.05) is 0 Å². The predicted octanol–water partition coefficient (Wildman–Crippen LogP) is -1.98. The number of aliphatic hydroxyl groups is 13. The molecule has 30 heteroatoms. The van der Waals surface area contributed by atoms with Gasteiger partial charge in [0.25, 0.3) is 0 Å². The standard InChI is InChI=1S/C68H84O30/c1-9-15-65(84)63(95-32-13-11-28(69)21(3)89-32)52(80)55(93-34-19-30(71)45(73)23(5)91-34)27-18-25-17-26-37(47(75)36(25)61(82)67(27,65)85)56-43(59(88-8)54(26)87-7)41-48(76)38-39(51(79)58(41)97-56)49(77)40-42(50(38)78)62(83)68(86)44-57(40)98-66(68,16-10-2)64(96-33-14-12-29(70)22(4)90-33)53(81)60(44)94-35-20-31(72)46(74)24(6)92-35/h17,21-24,27-35,44-46,52-53,55,57,60,63-64,69-74,77,80-86H,9-16,18-20H2,1-8H3/t21-,22-,23+,24-,27+,28+,29+,30-,31-,32+,33+,34+,35+,44-,45+,46+,52-,53-,55-,57+,60-,63+,64+,65+,66+,67-,68-/m1/s1. The molecule has 0 unspecified atom stereocenters. The summed E-state index contributed by atoms with van der Waals surface area (Å²) < 4.78 is 75.0. The Hall–Kier alpha value is -5.66. The van der Waals surface area contributed by atoms with Crippen molar-refractivity contribution in [1.82, 2.24) is 0 Å². The number of fused-ring (bicyclic) bond motifs is 9. The van der Waals surface area contributed by atoms with Gasteiger partial charge in [0.1, 0.15) is 65.1 Å². The number of benzene rings is 2. The fourth-order valence-electron chi connectivity index (χ4n) is 18.0. The van der Waals surface area contributed by atoms with E-state index in [0.29, 0.717) is 0 Å². The number of aromatic hydroxyl groups is 1. The molecule has 5 aliphatic heterocycles. The van der Waals surface area contributed by atoms with E-state index < -0.39 is 269 Å². The monoisotopic (exact) mass is 1380 g/mol. The Morgan fingerprint density at radius 3 is 1.60 bits per heavy atom. The molecule has 1 aromatic heterocycles. The maximum absolute atomic E-state index is 16.0. The van der Waals surface area contributed by atoms with Crippen LogP contribution in [0.25, 0.3) is 44.2 Å². The minimum Gasteiger partial charge on any atom is -0.508 e. The van der Waals surface area contributed by atoms with Crippen LogP contribution in [0.5, 0.6) is 17.2 Å². The summed E-state index contributed by atoms with van der Waals surface area (Å²) >= 11 is 0. The van der Waals surface area contributed by atoms with Gasteiger partial charge in [0.05, 0.1) is 124 Å². The molecule has 4 bridgehead atoms. The quantitative estimate of drug-likeness (QED) is 0.0573. The Bertz CT molecular complexity index is 4420. The summed E-state index contributed by atoms with van der Waals surface area (Å²) in [6.45, 7) is 9.42. The van der Waals surface area contributed by atoms with Crippen LogP contribution in [0.3, 0.4) is 0 Å². The number of aliphatic hydroxyl groups excluding tert-OH is 10. The first-order valence-electron chi connectivity index (χ1n) is 33.6. The molecule has 6 aliphatic carbocycles. The van der Waals surface area contributed by atoms with E-state index in [2.05, 4.69) is 0 Å². The fraction of sp³-hybridized carbons (Fsp3) is 0.676. The van der Waals surface area contributed by atoms with E-state index in [1.54, 1.807) is 27.7 Å². The lowest BCUT2D eigenvalue weighted by Gasteiger charge is -2.60. The number of hydrogen-bond acceptors (Lipinski definition) is 30. The van der Waals surface area contributed by atoms with Crippen LogP contribution in [0.15, 0.2) is 29.7 Å². The minimum atomic E-state index is -3.02. The Balaban J connectivity index is 0.982. The molecule has 27 atom stereocenters. The highest BCUT2D eigenvalue weighted by atomic mass is 16.7. The molecule has 0 amide bonds. The van der Waals surface area contributed by atoms with E-state index in [-0.39, 0.29) is 80.2 Å². The predicted molar refractivity (Wildman–Crippen MR) is 335 cm³/mol. The summed E-state index contributed by atoms with van der Waals surface area (Å²) in [6.07, 6.45) is -30.3. The van der Waals surface area contributed by atoms with Crippen molar-refractivity contribution in [3.63, 3.8) is 0 Å². The molecule has 98 heavy (non-hydrogen) atoms. The normalized spacial score (nSPS) is 42.4. The zero-order valence-electron chi connectivity index (χ0n) is 54.9. The van der Waals surface area contributed by atoms with Gasteiger partial charge < -0.3 is 128 Å². The van der Waals surface area contributed by atoms with Crippen LogP contribution in [0.1, 0.15) is 123 Å². The number of hydrogen-bond donors (Lipinski definition) is 14. The topological polar surface area (TPSA) is 466 Å². The first kappa shape index (κ1) is 69.4. The van der Waals surface area contributed by atoms with Crippen LogP contribution < -0.4 is 41.6 Å².